The van der Waals surface area contributed by atoms with Crippen molar-refractivity contribution in [2.24, 2.45) is 0 Å². The molecule has 8 heteroatoms. The number of nitro groups is 1. The number of aliphatic hydroxyl groups is 3. The number of aliphatic hydroxyl groups excluding tert-OH is 3. The Kier molecular flexibility index (Phi) is 4.69. The molecule has 0 aliphatic carbocycles. The molecule has 6 nitrogen and oxygen atoms in total. The quantitative estimate of drug-likeness (QED) is 0.561. The van der Waals surface area contributed by atoms with E-state index in [0.29, 0.717) is 10.6 Å². The van der Waals surface area contributed by atoms with Gasteiger partial charge in [0.05, 0.1) is 15.6 Å². The smallest absolute Gasteiger partial charge is 0.270 e. The third kappa shape index (κ3) is 3.40. The second kappa shape index (κ2) is 6.10. The van der Waals surface area contributed by atoms with E-state index in [0.717, 1.165) is 0 Å². The normalized spacial score (nSPS) is 31.1. The Bertz CT molecular complexity index is 472. The Labute approximate surface area is 118 Å². The highest BCUT2D eigenvalue weighted by atomic mass is 32.2. The Morgan fingerprint density at radius 2 is 2.05 bits per heavy atom. The van der Waals surface area contributed by atoms with Crippen LogP contribution in [0.15, 0.2) is 29.2 Å². The van der Waals surface area contributed by atoms with Crippen LogP contribution < -0.4 is 0 Å². The van der Waals surface area contributed by atoms with E-state index in [1.807, 2.05) is 0 Å². The molecular weight excluding hydrogens is 290 g/mol. The molecule has 0 spiro atoms. The van der Waals surface area contributed by atoms with Gasteiger partial charge < -0.3 is 15.3 Å². The summed E-state index contributed by atoms with van der Waals surface area (Å²) >= 11 is 2.57. The number of thioether (sulfide) groups is 2. The number of non-ortho nitro benzene ring substituents is 1. The van der Waals surface area contributed by atoms with Crippen molar-refractivity contribution in [3.05, 3.63) is 34.4 Å². The van der Waals surface area contributed by atoms with Gasteiger partial charge >= 0.3 is 0 Å². The molecule has 1 aliphatic rings. The van der Waals surface area contributed by atoms with E-state index in [1.54, 1.807) is 12.1 Å². The Hall–Kier alpha value is -0.800. The second-order valence-corrected chi connectivity index (χ2v) is 6.81. The highest BCUT2D eigenvalue weighted by Crippen LogP contribution is 2.39. The largest absolute Gasteiger partial charge is 0.389 e. The molecule has 1 fully saturated rings. The minimum absolute atomic E-state index is 0.0131. The standard InChI is InChI=1S/C11H13NO5S2/c13-8-5-18-11(10(15)9(8)14)19-7-3-1-2-6(4-7)12(16)17/h1-4,8-11,13-15H,5H2/t8-,9+,10-,11+/m1/s1. The van der Waals surface area contributed by atoms with Crippen LogP contribution in [0.1, 0.15) is 0 Å². The molecule has 4 atom stereocenters. The lowest BCUT2D eigenvalue weighted by molar-refractivity contribution is -0.385. The monoisotopic (exact) mass is 303 g/mol. The maximum absolute atomic E-state index is 10.7. The third-order valence-corrected chi connectivity index (χ3v) is 5.61. The Morgan fingerprint density at radius 3 is 2.74 bits per heavy atom. The molecule has 104 valence electrons. The van der Waals surface area contributed by atoms with Crippen LogP contribution in [0.25, 0.3) is 0 Å². The number of hydrogen-bond donors (Lipinski definition) is 3. The first kappa shape index (κ1) is 14.6. The molecule has 3 N–H and O–H groups in total. The molecule has 1 aromatic carbocycles. The summed E-state index contributed by atoms with van der Waals surface area (Å²) in [6.45, 7) is 0. The highest BCUT2D eigenvalue weighted by Gasteiger charge is 2.37. The van der Waals surface area contributed by atoms with Crippen molar-refractivity contribution in [3.8, 4) is 0 Å². The van der Waals surface area contributed by atoms with Gasteiger partial charge in [0.2, 0.25) is 0 Å². The summed E-state index contributed by atoms with van der Waals surface area (Å²) in [6, 6.07) is 6.11. The first-order valence-corrected chi connectivity index (χ1v) is 7.49. The lowest BCUT2D eigenvalue weighted by Crippen LogP contribution is -2.47. The maximum Gasteiger partial charge on any atom is 0.270 e. The summed E-state index contributed by atoms with van der Waals surface area (Å²) in [4.78, 5) is 10.8. The second-order valence-electron chi connectivity index (χ2n) is 4.12. The molecular formula is C11H13NO5S2. The van der Waals surface area contributed by atoms with Gasteiger partial charge in [0.1, 0.15) is 12.2 Å². The van der Waals surface area contributed by atoms with E-state index in [2.05, 4.69) is 0 Å². The van der Waals surface area contributed by atoms with Crippen molar-refractivity contribution in [1.29, 1.82) is 0 Å². The number of rotatable bonds is 3. The fourth-order valence-electron chi connectivity index (χ4n) is 1.69. The lowest BCUT2D eigenvalue weighted by Gasteiger charge is -2.34. The molecule has 1 aliphatic heterocycles. The van der Waals surface area contributed by atoms with E-state index < -0.39 is 23.2 Å². The zero-order valence-electron chi connectivity index (χ0n) is 9.75. The molecule has 2 rings (SSSR count). The van der Waals surface area contributed by atoms with Gasteiger partial charge in [0.15, 0.2) is 0 Å². The zero-order chi connectivity index (χ0) is 14.0. The molecule has 1 heterocycles. The summed E-state index contributed by atoms with van der Waals surface area (Å²) < 4.78 is -0.361. The van der Waals surface area contributed by atoms with Crippen LogP contribution in [0.4, 0.5) is 5.69 Å². The van der Waals surface area contributed by atoms with Gasteiger partial charge in [-0.15, -0.1) is 23.5 Å². The van der Waals surface area contributed by atoms with Crippen molar-refractivity contribution in [3.63, 3.8) is 0 Å². The van der Waals surface area contributed by atoms with Crippen molar-refractivity contribution in [2.45, 2.75) is 27.8 Å². The van der Waals surface area contributed by atoms with Crippen LogP contribution in [0.2, 0.25) is 0 Å². The maximum atomic E-state index is 10.7. The average molecular weight is 303 g/mol. The molecule has 1 aromatic rings. The third-order valence-electron chi connectivity index (χ3n) is 2.73. The first-order valence-electron chi connectivity index (χ1n) is 5.56. The van der Waals surface area contributed by atoms with E-state index in [9.17, 15) is 25.4 Å². The minimum Gasteiger partial charge on any atom is -0.389 e. The zero-order valence-corrected chi connectivity index (χ0v) is 11.4. The fourth-order valence-corrected chi connectivity index (χ4v) is 4.39. The van der Waals surface area contributed by atoms with Crippen molar-refractivity contribution in [1.82, 2.24) is 0 Å². The van der Waals surface area contributed by atoms with Crippen molar-refractivity contribution in [2.75, 3.05) is 5.75 Å². The highest BCUT2D eigenvalue weighted by molar-refractivity contribution is 8.17. The van der Waals surface area contributed by atoms with Crippen LogP contribution in [0, 0.1) is 10.1 Å². The van der Waals surface area contributed by atoms with Crippen LogP contribution in [-0.2, 0) is 0 Å². The van der Waals surface area contributed by atoms with Gasteiger partial charge in [-0.3, -0.25) is 10.1 Å². The fraction of sp³-hybridized carbons (Fsp3) is 0.455. The van der Waals surface area contributed by atoms with E-state index >= 15 is 0 Å². The lowest BCUT2D eigenvalue weighted by atomic mass is 10.1. The van der Waals surface area contributed by atoms with Gasteiger partial charge in [-0.1, -0.05) is 6.07 Å². The van der Waals surface area contributed by atoms with Crippen molar-refractivity contribution >= 4 is 29.2 Å². The molecule has 0 saturated carbocycles. The molecule has 0 radical (unpaired) electrons. The van der Waals surface area contributed by atoms with Crippen LogP contribution in [-0.4, -0.2) is 48.9 Å². The summed E-state index contributed by atoms with van der Waals surface area (Å²) in [5.41, 5.74) is -0.0131. The van der Waals surface area contributed by atoms with E-state index in [1.165, 1.54) is 35.7 Å². The van der Waals surface area contributed by atoms with Crippen molar-refractivity contribution < 1.29 is 20.2 Å². The molecule has 0 bridgehead atoms. The summed E-state index contributed by atoms with van der Waals surface area (Å²) in [7, 11) is 0. The van der Waals surface area contributed by atoms with Crippen LogP contribution >= 0.6 is 23.5 Å². The Morgan fingerprint density at radius 1 is 1.32 bits per heavy atom. The van der Waals surface area contributed by atoms with Gasteiger partial charge in [-0.25, -0.2) is 0 Å². The molecule has 0 amide bonds. The summed E-state index contributed by atoms with van der Waals surface area (Å²) in [5, 5.41) is 39.6. The SMILES string of the molecule is O=[N+]([O-])c1cccc(S[C@@H]2SC[C@@H](O)[C@H](O)[C@H]2O)c1. The molecule has 0 unspecified atom stereocenters. The molecule has 1 saturated heterocycles. The average Bonchev–Trinajstić information content (AvgIpc) is 2.40. The van der Waals surface area contributed by atoms with Gasteiger partial charge in [-0.05, 0) is 6.07 Å². The molecule has 0 aromatic heterocycles. The van der Waals surface area contributed by atoms with Crippen LogP contribution in [0.3, 0.4) is 0 Å². The number of benzene rings is 1. The summed E-state index contributed by atoms with van der Waals surface area (Å²) in [5.74, 6) is 0.324. The topological polar surface area (TPSA) is 104 Å². The molecule has 19 heavy (non-hydrogen) atoms. The predicted molar refractivity (Wildman–Crippen MR) is 73.2 cm³/mol. The number of nitrogens with zero attached hydrogens (tertiary/aromatic N) is 1. The van der Waals surface area contributed by atoms with Gasteiger partial charge in [0, 0.05) is 22.8 Å². The number of nitro benzene ring substituents is 1. The Balaban J connectivity index is 2.09. The number of hydrogen-bond acceptors (Lipinski definition) is 7. The first-order chi connectivity index (χ1) is 8.99. The van der Waals surface area contributed by atoms with E-state index in [4.69, 9.17) is 0 Å². The van der Waals surface area contributed by atoms with Gasteiger partial charge in [-0.2, -0.15) is 0 Å². The predicted octanol–water partition coefficient (Wildman–Crippen LogP) is 0.842. The van der Waals surface area contributed by atoms with Gasteiger partial charge in [0.25, 0.3) is 5.69 Å². The van der Waals surface area contributed by atoms with Crippen LogP contribution in [0.5, 0.6) is 0 Å². The summed E-state index contributed by atoms with van der Waals surface area (Å²) in [6.07, 6.45) is -3.20. The van der Waals surface area contributed by atoms with E-state index in [-0.39, 0.29) is 10.3 Å². The minimum atomic E-state index is -1.18.